The van der Waals surface area contributed by atoms with Gasteiger partial charge in [-0.05, 0) is 28.9 Å². The van der Waals surface area contributed by atoms with Crippen molar-refractivity contribution in [2.75, 3.05) is 5.32 Å². The highest BCUT2D eigenvalue weighted by atomic mass is 79.9. The minimum atomic E-state index is -1.15. The van der Waals surface area contributed by atoms with Crippen LogP contribution in [0.2, 0.25) is 0 Å². The van der Waals surface area contributed by atoms with Crippen LogP contribution in [0.25, 0.3) is 0 Å². The van der Waals surface area contributed by atoms with E-state index in [-0.39, 0.29) is 11.4 Å². The molecule has 0 aliphatic rings. The quantitative estimate of drug-likeness (QED) is 0.638. The van der Waals surface area contributed by atoms with E-state index in [9.17, 15) is 9.59 Å². The third-order valence-electron chi connectivity index (χ3n) is 3.39. The third kappa shape index (κ3) is 4.34. The number of carbonyl (C=O) groups excluding carboxylic acids is 2. The lowest BCUT2D eigenvalue weighted by molar-refractivity contribution is -0.125. The first-order valence-electron chi connectivity index (χ1n) is 7.63. The highest BCUT2D eigenvalue weighted by Crippen LogP contribution is 2.22. The number of anilines is 1. The van der Waals surface area contributed by atoms with Crippen molar-refractivity contribution >= 4 is 33.6 Å². The lowest BCUT2D eigenvalue weighted by Gasteiger charge is -2.17. The smallest absolute Gasteiger partial charge is 0.340 e. The van der Waals surface area contributed by atoms with Gasteiger partial charge in [-0.2, -0.15) is 0 Å². The summed E-state index contributed by atoms with van der Waals surface area (Å²) in [7, 11) is 0. The molecular formula is C18H14BrN3O4. The van der Waals surface area contributed by atoms with Crippen LogP contribution in [-0.4, -0.2) is 22.0 Å². The zero-order valence-electron chi connectivity index (χ0n) is 13.7. The first-order valence-corrected chi connectivity index (χ1v) is 8.43. The van der Waals surface area contributed by atoms with Crippen LogP contribution >= 0.6 is 15.9 Å². The maximum atomic E-state index is 12.7. The summed E-state index contributed by atoms with van der Waals surface area (Å²) in [5.41, 5.74) is 0.756. The van der Waals surface area contributed by atoms with Gasteiger partial charge in [-0.25, -0.2) is 4.79 Å². The zero-order valence-corrected chi connectivity index (χ0v) is 15.3. The Hall–Kier alpha value is -3.00. The predicted molar refractivity (Wildman–Crippen MR) is 96.4 cm³/mol. The number of rotatable bonds is 5. The first-order chi connectivity index (χ1) is 12.5. The number of hydrogen-bond donors (Lipinski definition) is 1. The Balaban J connectivity index is 1.83. The second-order valence-electron chi connectivity index (χ2n) is 5.40. The number of ether oxygens (including phenoxy) is 1. The van der Waals surface area contributed by atoms with Gasteiger partial charge in [0.25, 0.3) is 5.91 Å². The molecule has 2 heterocycles. The normalized spacial score (nSPS) is 11.6. The molecule has 1 unspecified atom stereocenters. The van der Waals surface area contributed by atoms with Crippen LogP contribution in [0.3, 0.4) is 0 Å². The summed E-state index contributed by atoms with van der Waals surface area (Å²) in [5, 5.41) is 6.30. The molecule has 26 heavy (non-hydrogen) atoms. The van der Waals surface area contributed by atoms with Crippen molar-refractivity contribution in [3.05, 3.63) is 76.2 Å². The summed E-state index contributed by atoms with van der Waals surface area (Å²) >= 11 is 3.25. The molecule has 2 aromatic heterocycles. The van der Waals surface area contributed by atoms with Crippen LogP contribution in [0.4, 0.5) is 5.82 Å². The average molecular weight is 416 g/mol. The monoisotopic (exact) mass is 415 g/mol. The van der Waals surface area contributed by atoms with Gasteiger partial charge >= 0.3 is 5.97 Å². The van der Waals surface area contributed by atoms with Crippen LogP contribution in [-0.2, 0) is 9.53 Å². The number of nitrogens with one attached hydrogen (secondary N) is 1. The molecule has 7 nitrogen and oxygen atoms in total. The highest BCUT2D eigenvalue weighted by molar-refractivity contribution is 9.10. The third-order valence-corrected chi connectivity index (χ3v) is 3.82. The molecule has 0 radical (unpaired) electrons. The maximum Gasteiger partial charge on any atom is 0.340 e. The number of carbonyl (C=O) groups is 2. The standard InChI is InChI=1S/C18H14BrN3O4/c1-11-7-15(22-26-11)21-17(23)16(12-5-3-2-4-6-12)25-18(24)13-8-14(19)10-20-9-13/h2-10,16H,1H3,(H,21,22,23). The number of halogens is 1. The summed E-state index contributed by atoms with van der Waals surface area (Å²) in [6.45, 7) is 1.71. The molecule has 3 rings (SSSR count). The van der Waals surface area contributed by atoms with Crippen LogP contribution in [0.1, 0.15) is 27.8 Å². The summed E-state index contributed by atoms with van der Waals surface area (Å²) in [4.78, 5) is 29.0. The molecule has 1 N–H and O–H groups in total. The van der Waals surface area contributed by atoms with E-state index in [0.717, 1.165) is 0 Å². The van der Waals surface area contributed by atoms with Crippen molar-refractivity contribution in [1.29, 1.82) is 0 Å². The van der Waals surface area contributed by atoms with E-state index < -0.39 is 18.0 Å². The molecule has 1 amide bonds. The van der Waals surface area contributed by atoms with E-state index in [1.54, 1.807) is 55.6 Å². The molecule has 0 saturated heterocycles. The number of pyridine rings is 1. The van der Waals surface area contributed by atoms with Gasteiger partial charge < -0.3 is 14.6 Å². The van der Waals surface area contributed by atoms with Crippen LogP contribution in [0.15, 0.2) is 63.9 Å². The lowest BCUT2D eigenvalue weighted by atomic mass is 10.1. The largest absolute Gasteiger partial charge is 0.444 e. The Kier molecular flexibility index (Phi) is 5.43. The number of hydrogen-bond acceptors (Lipinski definition) is 6. The van der Waals surface area contributed by atoms with Crippen molar-refractivity contribution in [2.24, 2.45) is 0 Å². The predicted octanol–water partition coefficient (Wildman–Crippen LogP) is 3.68. The molecule has 3 aromatic rings. The van der Waals surface area contributed by atoms with Gasteiger partial charge in [0.15, 0.2) is 5.82 Å². The molecule has 0 bridgehead atoms. The Labute approximate surface area is 157 Å². The van der Waals surface area contributed by atoms with E-state index in [0.29, 0.717) is 15.8 Å². The van der Waals surface area contributed by atoms with E-state index >= 15 is 0 Å². The number of aromatic nitrogens is 2. The maximum absolute atomic E-state index is 12.7. The van der Waals surface area contributed by atoms with Crippen molar-refractivity contribution in [3.63, 3.8) is 0 Å². The number of nitrogens with zero attached hydrogens (tertiary/aromatic N) is 2. The molecule has 0 aliphatic heterocycles. The average Bonchev–Trinajstić information content (AvgIpc) is 3.04. The Morgan fingerprint density at radius 2 is 1.96 bits per heavy atom. The Morgan fingerprint density at radius 3 is 2.62 bits per heavy atom. The second-order valence-corrected chi connectivity index (χ2v) is 6.32. The minimum absolute atomic E-state index is 0.227. The van der Waals surface area contributed by atoms with E-state index in [2.05, 4.69) is 31.4 Å². The topological polar surface area (TPSA) is 94.3 Å². The second kappa shape index (κ2) is 7.92. The zero-order chi connectivity index (χ0) is 18.5. The molecule has 0 spiro atoms. The van der Waals surface area contributed by atoms with Crippen molar-refractivity contribution in [1.82, 2.24) is 10.1 Å². The first kappa shape index (κ1) is 17.8. The van der Waals surface area contributed by atoms with Crippen LogP contribution in [0, 0.1) is 6.92 Å². The van der Waals surface area contributed by atoms with Gasteiger partial charge in [0.2, 0.25) is 6.10 Å². The fourth-order valence-electron chi connectivity index (χ4n) is 2.22. The van der Waals surface area contributed by atoms with Crippen LogP contribution in [0.5, 0.6) is 0 Å². The number of amides is 1. The minimum Gasteiger partial charge on any atom is -0.444 e. The van der Waals surface area contributed by atoms with Crippen LogP contribution < -0.4 is 5.32 Å². The summed E-state index contributed by atoms with van der Waals surface area (Å²) in [6.07, 6.45) is 1.76. The Bertz CT molecular complexity index is 927. The number of benzene rings is 1. The molecular weight excluding hydrogens is 402 g/mol. The summed E-state index contributed by atoms with van der Waals surface area (Å²) < 4.78 is 11.0. The molecule has 0 fully saturated rings. The summed E-state index contributed by atoms with van der Waals surface area (Å²) in [6, 6.07) is 11.8. The molecule has 0 aliphatic carbocycles. The van der Waals surface area contributed by atoms with E-state index in [1.807, 2.05) is 0 Å². The SMILES string of the molecule is Cc1cc(NC(=O)C(OC(=O)c2cncc(Br)c2)c2ccccc2)no1. The fourth-order valence-corrected chi connectivity index (χ4v) is 2.58. The molecule has 0 saturated carbocycles. The van der Waals surface area contributed by atoms with Crippen molar-refractivity contribution in [3.8, 4) is 0 Å². The van der Waals surface area contributed by atoms with Crippen molar-refractivity contribution < 1.29 is 18.8 Å². The molecule has 1 aromatic carbocycles. The molecule has 1 atom stereocenters. The van der Waals surface area contributed by atoms with Gasteiger partial charge in [0.1, 0.15) is 5.76 Å². The molecule has 8 heteroatoms. The summed E-state index contributed by atoms with van der Waals surface area (Å²) in [5.74, 6) is -0.415. The van der Waals surface area contributed by atoms with Gasteiger partial charge in [0, 0.05) is 28.5 Å². The van der Waals surface area contributed by atoms with Gasteiger partial charge in [-0.3, -0.25) is 9.78 Å². The van der Waals surface area contributed by atoms with Gasteiger partial charge in [0.05, 0.1) is 5.56 Å². The Morgan fingerprint density at radius 1 is 1.19 bits per heavy atom. The highest BCUT2D eigenvalue weighted by Gasteiger charge is 2.26. The number of esters is 1. The lowest BCUT2D eigenvalue weighted by Crippen LogP contribution is -2.26. The van der Waals surface area contributed by atoms with Gasteiger partial charge in [-0.15, -0.1) is 0 Å². The van der Waals surface area contributed by atoms with E-state index in [1.165, 1.54) is 6.20 Å². The van der Waals surface area contributed by atoms with E-state index in [4.69, 9.17) is 9.26 Å². The number of aryl methyl sites for hydroxylation is 1. The molecule has 132 valence electrons. The van der Waals surface area contributed by atoms with Gasteiger partial charge in [-0.1, -0.05) is 35.5 Å². The van der Waals surface area contributed by atoms with Crippen molar-refractivity contribution in [2.45, 2.75) is 13.0 Å². The fraction of sp³-hybridized carbons (Fsp3) is 0.111.